The lowest BCUT2D eigenvalue weighted by Gasteiger charge is -2.33. The van der Waals surface area contributed by atoms with Crippen molar-refractivity contribution >= 4 is 13.5 Å². The summed E-state index contributed by atoms with van der Waals surface area (Å²) < 4.78 is 52.5. The third-order valence-electron chi connectivity index (χ3n) is 9.17. The molecule has 0 aliphatic carbocycles. The standard InChI is InChI=1S/C48H50NO8P/c50-48(49-38-58(51,56-35-43-27-15-5-16-28-43)57-36-44-29-17-6-18-30-44)47(55-34-42-25-13-4-14-26-42)46(54-33-41-23-11-3-12-24-41)45(53-32-40-21-9-2-10-22-40)37-52-31-39-19-7-1-8-20-39/h1-30,45-47H,31-38H2,(H,49,50)/t45-,46+,47+/m1/s1. The molecule has 0 fully saturated rings. The van der Waals surface area contributed by atoms with Gasteiger partial charge in [-0.2, -0.15) is 0 Å². The topological polar surface area (TPSA) is 102 Å². The molecule has 0 heterocycles. The number of carbonyl (C=O) groups excluding carboxylic acids is 1. The minimum absolute atomic E-state index is 0.0215. The van der Waals surface area contributed by atoms with Gasteiger partial charge in [-0.3, -0.25) is 9.36 Å². The van der Waals surface area contributed by atoms with Crippen LogP contribution in [0.2, 0.25) is 0 Å². The molecule has 0 saturated carbocycles. The third-order valence-corrected chi connectivity index (χ3v) is 10.8. The molecule has 0 unspecified atom stereocenters. The fourth-order valence-corrected chi connectivity index (χ4v) is 7.32. The zero-order chi connectivity index (χ0) is 40.1. The van der Waals surface area contributed by atoms with Gasteiger partial charge in [-0.15, -0.1) is 0 Å². The molecule has 0 radical (unpaired) electrons. The van der Waals surface area contributed by atoms with E-state index in [1.807, 2.05) is 182 Å². The van der Waals surface area contributed by atoms with Gasteiger partial charge >= 0.3 is 7.60 Å². The predicted octanol–water partition coefficient (Wildman–Crippen LogP) is 9.66. The van der Waals surface area contributed by atoms with Gasteiger partial charge in [-0.25, -0.2) is 0 Å². The van der Waals surface area contributed by atoms with E-state index in [4.69, 9.17) is 28.0 Å². The van der Waals surface area contributed by atoms with Gasteiger partial charge in [0, 0.05) is 0 Å². The fraction of sp³-hybridized carbons (Fsp3) is 0.229. The number of nitrogens with one attached hydrogen (secondary N) is 1. The molecule has 6 aromatic carbocycles. The van der Waals surface area contributed by atoms with E-state index in [2.05, 4.69) is 5.32 Å². The molecule has 0 spiro atoms. The first-order valence-electron chi connectivity index (χ1n) is 19.3. The zero-order valence-electron chi connectivity index (χ0n) is 32.4. The Morgan fingerprint density at radius 3 is 1.21 bits per heavy atom. The van der Waals surface area contributed by atoms with E-state index in [-0.39, 0.29) is 39.6 Å². The van der Waals surface area contributed by atoms with Crippen LogP contribution in [0.4, 0.5) is 0 Å². The summed E-state index contributed by atoms with van der Waals surface area (Å²) in [6, 6.07) is 57.7. The van der Waals surface area contributed by atoms with Crippen molar-refractivity contribution in [3.05, 3.63) is 215 Å². The molecular formula is C48H50NO8P. The summed E-state index contributed by atoms with van der Waals surface area (Å²) in [5.74, 6) is -0.572. The van der Waals surface area contributed by atoms with Gasteiger partial charge in [0.15, 0.2) is 6.10 Å². The highest BCUT2D eigenvalue weighted by atomic mass is 31.2. The molecule has 0 bridgehead atoms. The number of carbonyl (C=O) groups is 1. The summed E-state index contributed by atoms with van der Waals surface area (Å²) in [5, 5.41) is 2.87. The summed E-state index contributed by atoms with van der Waals surface area (Å²) in [6.07, 6.45) is -3.43. The smallest absolute Gasteiger partial charge is 0.350 e. The van der Waals surface area contributed by atoms with Gasteiger partial charge in [-0.05, 0) is 33.4 Å². The van der Waals surface area contributed by atoms with Crippen LogP contribution in [0.25, 0.3) is 0 Å². The van der Waals surface area contributed by atoms with E-state index >= 15 is 0 Å². The van der Waals surface area contributed by atoms with Gasteiger partial charge in [0.25, 0.3) is 5.91 Å². The van der Waals surface area contributed by atoms with E-state index in [0.29, 0.717) is 6.61 Å². The van der Waals surface area contributed by atoms with Crippen LogP contribution in [0, 0.1) is 0 Å². The molecule has 0 saturated heterocycles. The molecule has 0 aliphatic heterocycles. The van der Waals surface area contributed by atoms with Crippen molar-refractivity contribution in [3.8, 4) is 0 Å². The molecule has 58 heavy (non-hydrogen) atoms. The fourth-order valence-electron chi connectivity index (χ4n) is 6.02. The first-order chi connectivity index (χ1) is 28.5. The minimum atomic E-state index is -3.93. The van der Waals surface area contributed by atoms with E-state index in [1.54, 1.807) is 0 Å². The Hall–Kier alpha value is -5.22. The second-order valence-corrected chi connectivity index (χ2v) is 15.7. The van der Waals surface area contributed by atoms with Gasteiger partial charge in [-0.1, -0.05) is 182 Å². The van der Waals surface area contributed by atoms with Gasteiger partial charge in [0.05, 0.1) is 46.2 Å². The SMILES string of the molecule is O=C(NCP(=O)(OCc1ccccc1)OCc1ccccc1)[C@@H](OCc1ccccc1)[C@@H](OCc1ccccc1)[C@@H](COCc1ccccc1)OCc1ccccc1. The van der Waals surface area contributed by atoms with Crippen LogP contribution < -0.4 is 5.32 Å². The normalized spacial score (nSPS) is 13.0. The molecule has 1 amide bonds. The lowest BCUT2D eigenvalue weighted by molar-refractivity contribution is -0.177. The maximum Gasteiger partial charge on any atom is 0.350 e. The van der Waals surface area contributed by atoms with E-state index in [9.17, 15) is 9.36 Å². The van der Waals surface area contributed by atoms with E-state index in [0.717, 1.165) is 33.4 Å². The second-order valence-electron chi connectivity index (χ2n) is 13.6. The Bertz CT molecular complexity index is 2030. The summed E-state index contributed by atoms with van der Waals surface area (Å²) in [6.45, 7) is 0.924. The number of ether oxygens (including phenoxy) is 4. The van der Waals surface area contributed by atoms with Crippen LogP contribution in [0.5, 0.6) is 0 Å². The third kappa shape index (κ3) is 14.3. The first kappa shape index (κ1) is 42.4. The molecule has 300 valence electrons. The number of benzene rings is 6. The van der Waals surface area contributed by atoms with Crippen LogP contribution in [0.3, 0.4) is 0 Å². The molecule has 9 nitrogen and oxygen atoms in total. The lowest BCUT2D eigenvalue weighted by Crippen LogP contribution is -2.52. The van der Waals surface area contributed by atoms with Crippen LogP contribution in [0.15, 0.2) is 182 Å². The molecule has 0 aliphatic rings. The Labute approximate surface area is 341 Å². The highest BCUT2D eigenvalue weighted by Crippen LogP contribution is 2.48. The van der Waals surface area contributed by atoms with E-state index < -0.39 is 38.1 Å². The summed E-state index contributed by atoms with van der Waals surface area (Å²) in [7, 11) is -3.93. The first-order valence-corrected chi connectivity index (χ1v) is 21.1. The maximum atomic E-state index is 14.6. The Morgan fingerprint density at radius 2 is 0.793 bits per heavy atom. The molecule has 10 heteroatoms. The highest BCUT2D eigenvalue weighted by Gasteiger charge is 2.39. The second kappa shape index (κ2) is 23.3. The molecule has 3 atom stereocenters. The average Bonchev–Trinajstić information content (AvgIpc) is 3.29. The molecule has 1 N–H and O–H groups in total. The van der Waals surface area contributed by atoms with E-state index in [1.165, 1.54) is 0 Å². The number of rotatable bonds is 24. The Balaban J connectivity index is 1.28. The van der Waals surface area contributed by atoms with Crippen molar-refractivity contribution < 1.29 is 37.4 Å². The summed E-state index contributed by atoms with van der Waals surface area (Å²) in [4.78, 5) is 14.6. The predicted molar refractivity (Wildman–Crippen MR) is 224 cm³/mol. The van der Waals surface area contributed by atoms with Gasteiger partial charge in [0.2, 0.25) is 0 Å². The Kier molecular flexibility index (Phi) is 17.0. The van der Waals surface area contributed by atoms with Crippen LogP contribution >= 0.6 is 7.60 Å². The number of hydrogen-bond acceptors (Lipinski definition) is 8. The van der Waals surface area contributed by atoms with Gasteiger partial charge in [0.1, 0.15) is 18.5 Å². The van der Waals surface area contributed by atoms with Crippen molar-refractivity contribution in [2.45, 2.75) is 58.0 Å². The molecule has 6 aromatic rings. The molecular weight excluding hydrogens is 750 g/mol. The van der Waals surface area contributed by atoms with Gasteiger partial charge < -0.3 is 33.3 Å². The summed E-state index contributed by atoms with van der Waals surface area (Å²) in [5.41, 5.74) is 5.30. The number of amides is 1. The average molecular weight is 800 g/mol. The highest BCUT2D eigenvalue weighted by molar-refractivity contribution is 7.53. The van der Waals surface area contributed by atoms with Crippen molar-refractivity contribution in [1.82, 2.24) is 5.32 Å². The largest absolute Gasteiger partial charge is 0.374 e. The minimum Gasteiger partial charge on any atom is -0.374 e. The lowest BCUT2D eigenvalue weighted by atomic mass is 10.1. The number of hydrogen-bond donors (Lipinski definition) is 1. The van der Waals surface area contributed by atoms with Crippen molar-refractivity contribution in [2.75, 3.05) is 12.9 Å². The Morgan fingerprint density at radius 1 is 0.448 bits per heavy atom. The summed E-state index contributed by atoms with van der Waals surface area (Å²) >= 11 is 0. The zero-order valence-corrected chi connectivity index (χ0v) is 33.3. The van der Waals surface area contributed by atoms with Crippen molar-refractivity contribution in [2.24, 2.45) is 0 Å². The monoisotopic (exact) mass is 799 g/mol. The quantitative estimate of drug-likeness (QED) is 0.0605. The molecule has 6 rings (SSSR count). The van der Waals surface area contributed by atoms with Crippen LogP contribution in [-0.2, 0) is 77.0 Å². The van der Waals surface area contributed by atoms with Crippen molar-refractivity contribution in [1.29, 1.82) is 0 Å². The van der Waals surface area contributed by atoms with Crippen molar-refractivity contribution in [3.63, 3.8) is 0 Å². The van der Waals surface area contributed by atoms with Crippen LogP contribution in [0.1, 0.15) is 33.4 Å². The van der Waals surface area contributed by atoms with Crippen LogP contribution in [-0.4, -0.2) is 37.1 Å². The molecule has 0 aromatic heterocycles. The maximum absolute atomic E-state index is 14.6.